The molecule has 18 heavy (non-hydrogen) atoms. The number of carbonyl (C=O) groups is 1. The molecule has 0 unspecified atom stereocenters. The summed E-state index contributed by atoms with van der Waals surface area (Å²) in [7, 11) is 0. The molecule has 0 saturated heterocycles. The van der Waals surface area contributed by atoms with Crippen LogP contribution in [0.1, 0.15) is 32.4 Å². The monoisotopic (exact) mass is 251 g/mol. The third kappa shape index (κ3) is 4.44. The second-order valence-electron chi connectivity index (χ2n) is 5.27. The molecule has 0 radical (unpaired) electrons. The van der Waals surface area contributed by atoms with Crippen LogP contribution in [-0.4, -0.2) is 33.5 Å². The minimum atomic E-state index is 0.0177. The Bertz CT molecular complexity index is 397. The Balaban J connectivity index is 1.72. The summed E-state index contributed by atoms with van der Waals surface area (Å²) in [4.78, 5) is 11.6. The summed E-state index contributed by atoms with van der Waals surface area (Å²) in [6.45, 7) is 6.23. The highest BCUT2D eigenvalue weighted by Gasteiger charge is 2.23. The molecule has 0 spiro atoms. The Morgan fingerprint density at radius 1 is 1.56 bits per heavy atom. The van der Waals surface area contributed by atoms with Gasteiger partial charge in [0.15, 0.2) is 0 Å². The van der Waals surface area contributed by atoms with Gasteiger partial charge in [0.25, 0.3) is 0 Å². The fraction of sp³-hybridized carbons (Fsp3) is 0.750. The van der Waals surface area contributed by atoms with Gasteiger partial charge in [-0.1, -0.05) is 19.1 Å². The second kappa shape index (κ2) is 5.95. The lowest BCUT2D eigenvalue weighted by atomic mass is 10.2. The number of nitrogens with one attached hydrogen (secondary N) is 2. The standard InChI is InChI=1S/C12H21N5O/c1-9(2)5-13-6-11-7-17(16-15-11)8-12(18)14-10-3-4-10/h7,9-10,13H,3-6,8H2,1-2H3,(H,14,18). The van der Waals surface area contributed by atoms with Crippen molar-refractivity contribution in [3.05, 3.63) is 11.9 Å². The molecule has 100 valence electrons. The van der Waals surface area contributed by atoms with Crippen molar-refractivity contribution in [1.82, 2.24) is 25.6 Å². The first kappa shape index (κ1) is 13.0. The molecule has 1 aromatic rings. The third-order valence-corrected chi connectivity index (χ3v) is 2.69. The van der Waals surface area contributed by atoms with E-state index in [0.717, 1.165) is 25.1 Å². The van der Waals surface area contributed by atoms with Crippen molar-refractivity contribution < 1.29 is 4.79 Å². The van der Waals surface area contributed by atoms with Crippen LogP contribution < -0.4 is 10.6 Å². The van der Waals surface area contributed by atoms with E-state index in [0.29, 0.717) is 18.5 Å². The van der Waals surface area contributed by atoms with Gasteiger partial charge in [0.1, 0.15) is 6.54 Å². The van der Waals surface area contributed by atoms with Crippen molar-refractivity contribution in [1.29, 1.82) is 0 Å². The number of aromatic nitrogens is 3. The summed E-state index contributed by atoms with van der Waals surface area (Å²) in [5, 5.41) is 14.2. The van der Waals surface area contributed by atoms with Crippen LogP contribution in [0.5, 0.6) is 0 Å². The fourth-order valence-corrected chi connectivity index (χ4v) is 1.63. The lowest BCUT2D eigenvalue weighted by Crippen LogP contribution is -2.29. The molecule has 0 aromatic carbocycles. The summed E-state index contributed by atoms with van der Waals surface area (Å²) >= 11 is 0. The zero-order valence-corrected chi connectivity index (χ0v) is 11.0. The first-order valence-corrected chi connectivity index (χ1v) is 6.52. The van der Waals surface area contributed by atoms with E-state index in [4.69, 9.17) is 0 Å². The van der Waals surface area contributed by atoms with Gasteiger partial charge in [-0.3, -0.25) is 4.79 Å². The highest BCUT2D eigenvalue weighted by atomic mass is 16.2. The van der Waals surface area contributed by atoms with Gasteiger partial charge in [0.05, 0.1) is 11.9 Å². The average molecular weight is 251 g/mol. The van der Waals surface area contributed by atoms with E-state index in [1.165, 1.54) is 0 Å². The Morgan fingerprint density at radius 3 is 3.00 bits per heavy atom. The molecule has 1 aliphatic carbocycles. The van der Waals surface area contributed by atoms with E-state index < -0.39 is 0 Å². The molecular formula is C12H21N5O. The number of hydrogen-bond donors (Lipinski definition) is 2. The summed E-state index contributed by atoms with van der Waals surface area (Å²) < 4.78 is 1.59. The van der Waals surface area contributed by atoms with Gasteiger partial charge in [-0.25, -0.2) is 4.68 Å². The second-order valence-corrected chi connectivity index (χ2v) is 5.27. The molecular weight excluding hydrogens is 230 g/mol. The van der Waals surface area contributed by atoms with Crippen molar-refractivity contribution in [3.63, 3.8) is 0 Å². The maximum Gasteiger partial charge on any atom is 0.242 e. The normalized spacial score (nSPS) is 15.1. The van der Waals surface area contributed by atoms with Crippen LogP contribution in [0.3, 0.4) is 0 Å². The number of rotatable bonds is 7. The van der Waals surface area contributed by atoms with E-state index >= 15 is 0 Å². The molecule has 2 rings (SSSR count). The molecule has 6 nitrogen and oxygen atoms in total. The summed E-state index contributed by atoms with van der Waals surface area (Å²) in [6, 6.07) is 0.396. The molecule has 1 aromatic heterocycles. The first-order valence-electron chi connectivity index (χ1n) is 6.52. The lowest BCUT2D eigenvalue weighted by Gasteiger charge is -2.04. The highest BCUT2D eigenvalue weighted by Crippen LogP contribution is 2.18. The van der Waals surface area contributed by atoms with Gasteiger partial charge in [-0.15, -0.1) is 5.10 Å². The van der Waals surface area contributed by atoms with Gasteiger partial charge >= 0.3 is 0 Å². The Labute approximate surface area is 107 Å². The predicted molar refractivity (Wildman–Crippen MR) is 67.7 cm³/mol. The van der Waals surface area contributed by atoms with E-state index in [1.807, 2.05) is 6.20 Å². The predicted octanol–water partition coefficient (Wildman–Crippen LogP) is 0.302. The summed E-state index contributed by atoms with van der Waals surface area (Å²) in [6.07, 6.45) is 4.03. The van der Waals surface area contributed by atoms with Crippen molar-refractivity contribution >= 4 is 5.91 Å². The van der Waals surface area contributed by atoms with Crippen molar-refractivity contribution in [3.8, 4) is 0 Å². The quantitative estimate of drug-likeness (QED) is 0.731. The van der Waals surface area contributed by atoms with Crippen molar-refractivity contribution in [2.75, 3.05) is 6.54 Å². The Morgan fingerprint density at radius 2 is 2.33 bits per heavy atom. The van der Waals surface area contributed by atoms with Gasteiger partial charge in [-0.2, -0.15) is 0 Å². The van der Waals surface area contributed by atoms with Crippen LogP contribution in [0.2, 0.25) is 0 Å². The molecule has 1 aliphatic rings. The molecule has 1 saturated carbocycles. The van der Waals surface area contributed by atoms with E-state index in [1.54, 1.807) is 4.68 Å². The number of nitrogens with zero attached hydrogens (tertiary/aromatic N) is 3. The molecule has 0 atom stereocenters. The van der Waals surface area contributed by atoms with Crippen molar-refractivity contribution in [2.24, 2.45) is 5.92 Å². The number of hydrogen-bond acceptors (Lipinski definition) is 4. The van der Waals surface area contributed by atoms with Crippen LogP contribution in [-0.2, 0) is 17.9 Å². The molecule has 6 heteroatoms. The number of carbonyl (C=O) groups excluding carboxylic acids is 1. The highest BCUT2D eigenvalue weighted by molar-refractivity contribution is 5.76. The van der Waals surface area contributed by atoms with E-state index in [2.05, 4.69) is 34.8 Å². The zero-order chi connectivity index (χ0) is 13.0. The molecule has 0 bridgehead atoms. The van der Waals surface area contributed by atoms with Gasteiger partial charge in [0.2, 0.25) is 5.91 Å². The van der Waals surface area contributed by atoms with E-state index in [-0.39, 0.29) is 12.5 Å². The molecule has 0 aliphatic heterocycles. The van der Waals surface area contributed by atoms with E-state index in [9.17, 15) is 4.79 Å². The largest absolute Gasteiger partial charge is 0.352 e. The maximum absolute atomic E-state index is 11.6. The van der Waals surface area contributed by atoms with Gasteiger partial charge in [-0.05, 0) is 25.3 Å². The minimum absolute atomic E-state index is 0.0177. The topological polar surface area (TPSA) is 71.8 Å². The Kier molecular flexibility index (Phi) is 4.30. The van der Waals surface area contributed by atoms with Crippen LogP contribution >= 0.6 is 0 Å². The molecule has 1 amide bonds. The van der Waals surface area contributed by atoms with Crippen molar-refractivity contribution in [2.45, 2.75) is 45.8 Å². The first-order chi connectivity index (χ1) is 8.63. The maximum atomic E-state index is 11.6. The minimum Gasteiger partial charge on any atom is -0.352 e. The average Bonchev–Trinajstić information content (AvgIpc) is 2.98. The van der Waals surface area contributed by atoms with Crippen LogP contribution in [0.15, 0.2) is 6.20 Å². The SMILES string of the molecule is CC(C)CNCc1cn(CC(=O)NC2CC2)nn1. The van der Waals surface area contributed by atoms with Gasteiger partial charge in [0, 0.05) is 12.6 Å². The smallest absolute Gasteiger partial charge is 0.242 e. The van der Waals surface area contributed by atoms with Crippen LogP contribution in [0, 0.1) is 5.92 Å². The molecule has 1 heterocycles. The number of amides is 1. The molecule has 2 N–H and O–H groups in total. The Hall–Kier alpha value is -1.43. The summed E-state index contributed by atoms with van der Waals surface area (Å²) in [5.74, 6) is 0.633. The van der Waals surface area contributed by atoms with Gasteiger partial charge < -0.3 is 10.6 Å². The van der Waals surface area contributed by atoms with Crippen LogP contribution in [0.4, 0.5) is 0 Å². The summed E-state index contributed by atoms with van der Waals surface area (Å²) in [5.41, 5.74) is 0.870. The molecule has 1 fully saturated rings. The van der Waals surface area contributed by atoms with Crippen LogP contribution in [0.25, 0.3) is 0 Å². The fourth-order valence-electron chi connectivity index (χ4n) is 1.63. The lowest BCUT2D eigenvalue weighted by molar-refractivity contribution is -0.122. The third-order valence-electron chi connectivity index (χ3n) is 2.69. The zero-order valence-electron chi connectivity index (χ0n) is 11.0.